The van der Waals surface area contributed by atoms with Gasteiger partial charge < -0.3 is 14.6 Å². The Balaban J connectivity index is 2.36. The smallest absolute Gasteiger partial charge is 0.128 e. The van der Waals surface area contributed by atoms with Crippen LogP contribution in [-0.2, 0) is 12.5 Å². The van der Waals surface area contributed by atoms with Crippen molar-refractivity contribution >= 4 is 10.9 Å². The molecule has 0 radical (unpaired) electrons. The van der Waals surface area contributed by atoms with Crippen LogP contribution in [0.3, 0.4) is 0 Å². The maximum absolute atomic E-state index is 5.59. The number of nitrogens with one attached hydrogen (secondary N) is 1. The van der Waals surface area contributed by atoms with Gasteiger partial charge in [0.2, 0.25) is 0 Å². The van der Waals surface area contributed by atoms with Crippen LogP contribution in [0.15, 0.2) is 24.4 Å². The molecule has 1 heterocycles. The molecule has 116 valence electrons. The van der Waals surface area contributed by atoms with Crippen molar-refractivity contribution in [3.63, 3.8) is 0 Å². The first-order chi connectivity index (χ1) is 10.0. The molecule has 2 aromatic rings. The van der Waals surface area contributed by atoms with Gasteiger partial charge in [0.05, 0.1) is 12.6 Å². The van der Waals surface area contributed by atoms with Gasteiger partial charge in [-0.2, -0.15) is 0 Å². The molecule has 3 heteroatoms. The van der Waals surface area contributed by atoms with Crippen LogP contribution >= 0.6 is 0 Å². The van der Waals surface area contributed by atoms with Crippen molar-refractivity contribution in [2.75, 3.05) is 20.2 Å². The lowest BCUT2D eigenvalue weighted by atomic mass is 9.81. The van der Waals surface area contributed by atoms with Crippen LogP contribution < -0.4 is 10.1 Å². The summed E-state index contributed by atoms with van der Waals surface area (Å²) in [5.41, 5.74) is 2.73. The number of hydrogen-bond donors (Lipinski definition) is 1. The zero-order valence-corrected chi connectivity index (χ0v) is 14.0. The number of rotatable bonds is 7. The van der Waals surface area contributed by atoms with Crippen LogP contribution in [0.1, 0.15) is 39.2 Å². The van der Waals surface area contributed by atoms with Crippen molar-refractivity contribution in [1.82, 2.24) is 9.88 Å². The molecule has 0 atom stereocenters. The number of hydrogen-bond acceptors (Lipinski definition) is 2. The minimum atomic E-state index is 0.120. The summed E-state index contributed by atoms with van der Waals surface area (Å²) in [6.07, 6.45) is 4.56. The fourth-order valence-electron chi connectivity index (χ4n) is 2.93. The van der Waals surface area contributed by atoms with Crippen LogP contribution in [0.2, 0.25) is 0 Å². The molecular formula is C18H28N2O. The van der Waals surface area contributed by atoms with E-state index in [1.807, 2.05) is 0 Å². The molecule has 0 unspecified atom stereocenters. The summed E-state index contributed by atoms with van der Waals surface area (Å²) >= 11 is 0. The van der Waals surface area contributed by atoms with Crippen LogP contribution in [0.5, 0.6) is 5.75 Å². The lowest BCUT2D eigenvalue weighted by Gasteiger charge is -2.25. The van der Waals surface area contributed by atoms with Crippen LogP contribution in [-0.4, -0.2) is 24.8 Å². The fourth-order valence-corrected chi connectivity index (χ4v) is 2.93. The van der Waals surface area contributed by atoms with E-state index in [-0.39, 0.29) is 5.41 Å². The number of fused-ring (bicyclic) bond motifs is 1. The second kappa shape index (κ2) is 6.52. The third-order valence-electron chi connectivity index (χ3n) is 4.28. The Morgan fingerprint density at radius 1 is 1.24 bits per heavy atom. The molecule has 21 heavy (non-hydrogen) atoms. The number of ether oxygens (including phenoxy) is 1. The van der Waals surface area contributed by atoms with Gasteiger partial charge in [-0.05, 0) is 49.0 Å². The van der Waals surface area contributed by atoms with E-state index in [9.17, 15) is 0 Å². The normalized spacial score (nSPS) is 12.0. The number of aromatic nitrogens is 1. The van der Waals surface area contributed by atoms with Crippen molar-refractivity contribution in [2.45, 2.75) is 39.0 Å². The second-order valence-electron chi connectivity index (χ2n) is 6.39. The monoisotopic (exact) mass is 288 g/mol. The maximum Gasteiger partial charge on any atom is 0.128 e. The van der Waals surface area contributed by atoms with E-state index in [2.05, 4.69) is 62.1 Å². The van der Waals surface area contributed by atoms with Gasteiger partial charge in [0, 0.05) is 18.6 Å². The van der Waals surface area contributed by atoms with Crippen LogP contribution in [0.25, 0.3) is 10.9 Å². The summed E-state index contributed by atoms with van der Waals surface area (Å²) in [7, 11) is 3.86. The summed E-state index contributed by atoms with van der Waals surface area (Å²) in [5.74, 6) is 0.970. The van der Waals surface area contributed by atoms with E-state index < -0.39 is 0 Å². The third kappa shape index (κ3) is 3.24. The average Bonchev–Trinajstić information content (AvgIpc) is 2.82. The minimum Gasteiger partial charge on any atom is -0.496 e. The summed E-state index contributed by atoms with van der Waals surface area (Å²) in [4.78, 5) is 0. The largest absolute Gasteiger partial charge is 0.496 e. The number of benzene rings is 1. The first kappa shape index (κ1) is 15.9. The van der Waals surface area contributed by atoms with Crippen molar-refractivity contribution in [2.24, 2.45) is 7.05 Å². The molecule has 0 saturated carbocycles. The Morgan fingerprint density at radius 2 is 2.00 bits per heavy atom. The second-order valence-corrected chi connectivity index (χ2v) is 6.39. The van der Waals surface area contributed by atoms with Gasteiger partial charge >= 0.3 is 0 Å². The quantitative estimate of drug-likeness (QED) is 0.783. The van der Waals surface area contributed by atoms with Gasteiger partial charge in [0.1, 0.15) is 5.75 Å². The Bertz CT molecular complexity index is 599. The van der Waals surface area contributed by atoms with Crippen molar-refractivity contribution in [3.05, 3.63) is 30.0 Å². The molecular weight excluding hydrogens is 260 g/mol. The highest BCUT2D eigenvalue weighted by Gasteiger charge is 2.26. The Hall–Kier alpha value is -1.48. The molecule has 2 rings (SSSR count). The van der Waals surface area contributed by atoms with E-state index in [0.29, 0.717) is 0 Å². The molecule has 0 bridgehead atoms. The zero-order valence-electron chi connectivity index (χ0n) is 14.0. The lowest BCUT2D eigenvalue weighted by molar-refractivity contribution is 0.417. The van der Waals surface area contributed by atoms with Gasteiger partial charge in [0.15, 0.2) is 0 Å². The minimum absolute atomic E-state index is 0.120. The lowest BCUT2D eigenvalue weighted by Crippen LogP contribution is -2.25. The first-order valence-corrected chi connectivity index (χ1v) is 7.84. The highest BCUT2D eigenvalue weighted by atomic mass is 16.5. The molecule has 0 aliphatic carbocycles. The Labute approximate surface area is 128 Å². The van der Waals surface area contributed by atoms with Crippen molar-refractivity contribution in [1.29, 1.82) is 0 Å². The molecule has 1 N–H and O–H groups in total. The van der Waals surface area contributed by atoms with E-state index >= 15 is 0 Å². The van der Waals surface area contributed by atoms with Crippen LogP contribution in [0.4, 0.5) is 0 Å². The predicted molar refractivity (Wildman–Crippen MR) is 90.3 cm³/mol. The molecule has 0 aliphatic heterocycles. The van der Waals surface area contributed by atoms with Gasteiger partial charge in [0.25, 0.3) is 0 Å². The number of aryl methyl sites for hydroxylation is 1. The maximum atomic E-state index is 5.59. The molecule has 0 amide bonds. The van der Waals surface area contributed by atoms with Gasteiger partial charge in [-0.3, -0.25) is 0 Å². The summed E-state index contributed by atoms with van der Waals surface area (Å²) < 4.78 is 7.79. The predicted octanol–water partition coefficient (Wildman–Crippen LogP) is 3.85. The molecule has 3 nitrogen and oxygen atoms in total. The zero-order chi connectivity index (χ0) is 15.5. The molecule has 0 aliphatic rings. The number of methoxy groups -OCH3 is 1. The van der Waals surface area contributed by atoms with Gasteiger partial charge in [-0.15, -0.1) is 0 Å². The highest BCUT2D eigenvalue weighted by molar-refractivity contribution is 5.90. The number of nitrogens with zero attached hydrogens (tertiary/aromatic N) is 1. The first-order valence-electron chi connectivity index (χ1n) is 7.84. The summed E-state index contributed by atoms with van der Waals surface area (Å²) in [5, 5.41) is 4.76. The fraction of sp³-hybridized carbons (Fsp3) is 0.556. The summed E-state index contributed by atoms with van der Waals surface area (Å²) in [6.45, 7) is 8.98. The van der Waals surface area contributed by atoms with E-state index in [0.717, 1.165) is 25.3 Å². The third-order valence-corrected chi connectivity index (χ3v) is 4.28. The van der Waals surface area contributed by atoms with Crippen molar-refractivity contribution < 1.29 is 4.74 Å². The molecule has 0 fully saturated rings. The molecule has 1 aromatic carbocycles. The summed E-state index contributed by atoms with van der Waals surface area (Å²) in [6, 6.07) is 6.27. The topological polar surface area (TPSA) is 26.2 Å². The van der Waals surface area contributed by atoms with E-state index in [1.165, 1.54) is 22.9 Å². The van der Waals surface area contributed by atoms with Crippen LogP contribution in [0, 0.1) is 0 Å². The standard InChI is InChI=1S/C18H28N2O/c1-6-11-19-12-10-18(2,3)14-13-20(4)15-8-7-9-16(21-5)17(14)15/h7-9,13,19H,6,10-12H2,1-5H3. The average molecular weight is 288 g/mol. The molecule has 0 saturated heterocycles. The van der Waals surface area contributed by atoms with Gasteiger partial charge in [-0.25, -0.2) is 0 Å². The molecule has 0 spiro atoms. The Morgan fingerprint density at radius 3 is 2.67 bits per heavy atom. The SMILES string of the molecule is CCCNCCC(C)(C)c1cn(C)c2cccc(OC)c12. The van der Waals surface area contributed by atoms with Gasteiger partial charge in [-0.1, -0.05) is 26.8 Å². The Kier molecular flexibility index (Phi) is 4.94. The molecule has 1 aromatic heterocycles. The van der Waals surface area contributed by atoms with E-state index in [4.69, 9.17) is 4.74 Å². The van der Waals surface area contributed by atoms with E-state index in [1.54, 1.807) is 7.11 Å². The highest BCUT2D eigenvalue weighted by Crippen LogP contribution is 2.38. The van der Waals surface area contributed by atoms with Crippen molar-refractivity contribution in [3.8, 4) is 5.75 Å².